The number of aliphatic carboxylic acids is 1. The number of carboxylic acid groups (broad SMARTS) is 1. The van der Waals surface area contributed by atoms with Crippen molar-refractivity contribution >= 4 is 5.97 Å². The first kappa shape index (κ1) is 8.93. The van der Waals surface area contributed by atoms with Gasteiger partial charge in [-0.25, -0.2) is 0 Å². The molecule has 0 aromatic heterocycles. The molecule has 5 heteroatoms. The van der Waals surface area contributed by atoms with Gasteiger partial charge in [0.25, 0.3) is 0 Å². The van der Waals surface area contributed by atoms with Crippen LogP contribution in [0, 0.1) is 5.92 Å². The van der Waals surface area contributed by atoms with E-state index in [1.165, 1.54) is 0 Å². The van der Waals surface area contributed by atoms with Crippen LogP contribution in [0.2, 0.25) is 0 Å². The minimum atomic E-state index is -0.705. The predicted octanol–water partition coefficient (Wildman–Crippen LogP) is -1.43. The van der Waals surface area contributed by atoms with E-state index < -0.39 is 5.97 Å². The second-order valence-electron chi connectivity index (χ2n) is 3.78. The zero-order valence-corrected chi connectivity index (χ0v) is 7.47. The Hall–Kier alpha value is -0.650. The molecule has 2 aliphatic heterocycles. The molecule has 74 valence electrons. The van der Waals surface area contributed by atoms with Gasteiger partial charge in [-0.2, -0.15) is 0 Å². The number of carboxylic acids is 1. The highest BCUT2D eigenvalue weighted by atomic mass is 16.4. The second-order valence-corrected chi connectivity index (χ2v) is 3.78. The minimum Gasteiger partial charge on any atom is -0.481 e. The van der Waals surface area contributed by atoms with Gasteiger partial charge in [0.15, 0.2) is 0 Å². The van der Waals surface area contributed by atoms with Crippen LogP contribution in [0.3, 0.4) is 0 Å². The number of hydrogen-bond donors (Lipinski definition) is 4. The molecule has 4 N–H and O–H groups in total. The van der Waals surface area contributed by atoms with Crippen LogP contribution in [0.15, 0.2) is 0 Å². The lowest BCUT2D eigenvalue weighted by Gasteiger charge is -2.38. The molecule has 2 saturated heterocycles. The molecule has 0 radical (unpaired) electrons. The first-order chi connectivity index (χ1) is 6.25. The minimum absolute atomic E-state index is 0.211. The highest BCUT2D eigenvalue weighted by molar-refractivity contribution is 5.72. The topological polar surface area (TPSA) is 73.4 Å². The fourth-order valence-electron chi connectivity index (χ4n) is 2.26. The molecule has 1 spiro atoms. The Morgan fingerprint density at radius 1 is 1.46 bits per heavy atom. The van der Waals surface area contributed by atoms with Crippen molar-refractivity contribution in [3.05, 3.63) is 0 Å². The van der Waals surface area contributed by atoms with Crippen LogP contribution in [0.1, 0.15) is 6.42 Å². The SMILES string of the molecule is O=C(O)C1CNCCC12CNCN2. The average Bonchev–Trinajstić information content (AvgIpc) is 2.54. The van der Waals surface area contributed by atoms with Gasteiger partial charge < -0.3 is 15.7 Å². The molecule has 2 aliphatic rings. The van der Waals surface area contributed by atoms with Gasteiger partial charge >= 0.3 is 5.97 Å². The van der Waals surface area contributed by atoms with E-state index in [-0.39, 0.29) is 11.5 Å². The molecule has 0 bridgehead atoms. The molecule has 2 rings (SSSR count). The first-order valence-corrected chi connectivity index (χ1v) is 4.64. The maximum atomic E-state index is 11.0. The van der Waals surface area contributed by atoms with Crippen LogP contribution in [0.25, 0.3) is 0 Å². The lowest BCUT2D eigenvalue weighted by Crippen LogP contribution is -2.60. The van der Waals surface area contributed by atoms with E-state index in [1.54, 1.807) is 0 Å². The summed E-state index contributed by atoms with van der Waals surface area (Å²) in [6.07, 6.45) is 0.886. The number of carbonyl (C=O) groups is 1. The Labute approximate surface area is 76.9 Å². The van der Waals surface area contributed by atoms with E-state index in [4.69, 9.17) is 5.11 Å². The summed E-state index contributed by atoms with van der Waals surface area (Å²) in [6, 6.07) is 0. The van der Waals surface area contributed by atoms with Gasteiger partial charge in [0, 0.05) is 25.3 Å². The molecule has 0 aliphatic carbocycles. The summed E-state index contributed by atoms with van der Waals surface area (Å²) in [5.74, 6) is -1.01. The fraction of sp³-hybridized carbons (Fsp3) is 0.875. The zero-order chi connectivity index (χ0) is 9.31. The van der Waals surface area contributed by atoms with Crippen molar-refractivity contribution in [3.8, 4) is 0 Å². The molecule has 2 unspecified atom stereocenters. The number of rotatable bonds is 1. The summed E-state index contributed by atoms with van der Waals surface area (Å²) < 4.78 is 0. The highest BCUT2D eigenvalue weighted by Crippen LogP contribution is 2.26. The number of hydrogen-bond acceptors (Lipinski definition) is 4. The van der Waals surface area contributed by atoms with E-state index >= 15 is 0 Å². The molecule has 0 amide bonds. The lowest BCUT2D eigenvalue weighted by atomic mass is 9.79. The molecular formula is C8H15N3O2. The molecule has 2 fully saturated rings. The van der Waals surface area contributed by atoms with Gasteiger partial charge in [-0.05, 0) is 13.0 Å². The molecule has 5 nitrogen and oxygen atoms in total. The molecule has 13 heavy (non-hydrogen) atoms. The zero-order valence-electron chi connectivity index (χ0n) is 7.47. The highest BCUT2D eigenvalue weighted by Gasteiger charge is 2.46. The standard InChI is InChI=1S/C8H15N3O2/c12-7(13)6-3-9-2-1-8(6)4-10-5-11-8/h6,9-11H,1-5H2,(H,12,13). The third-order valence-electron chi connectivity index (χ3n) is 3.07. The fourth-order valence-corrected chi connectivity index (χ4v) is 2.26. The predicted molar refractivity (Wildman–Crippen MR) is 47.3 cm³/mol. The monoisotopic (exact) mass is 185 g/mol. The van der Waals surface area contributed by atoms with Crippen molar-refractivity contribution in [2.45, 2.75) is 12.0 Å². The average molecular weight is 185 g/mol. The Morgan fingerprint density at radius 2 is 2.31 bits per heavy atom. The van der Waals surface area contributed by atoms with Gasteiger partial charge in [-0.1, -0.05) is 0 Å². The Kier molecular flexibility index (Phi) is 2.23. The van der Waals surface area contributed by atoms with Gasteiger partial charge in [0.05, 0.1) is 5.92 Å². The molecule has 0 aromatic carbocycles. The van der Waals surface area contributed by atoms with Gasteiger partial charge in [0.2, 0.25) is 0 Å². The molecule has 0 aromatic rings. The van der Waals surface area contributed by atoms with Crippen molar-refractivity contribution in [1.29, 1.82) is 0 Å². The first-order valence-electron chi connectivity index (χ1n) is 4.64. The van der Waals surface area contributed by atoms with Gasteiger partial charge in [-0.15, -0.1) is 0 Å². The molecule has 0 saturated carbocycles. The third-order valence-corrected chi connectivity index (χ3v) is 3.07. The summed E-state index contributed by atoms with van der Waals surface area (Å²) in [7, 11) is 0. The normalized spacial score (nSPS) is 39.5. The van der Waals surface area contributed by atoms with Crippen LogP contribution < -0.4 is 16.0 Å². The van der Waals surface area contributed by atoms with E-state index in [0.29, 0.717) is 6.54 Å². The van der Waals surface area contributed by atoms with Gasteiger partial charge in [-0.3, -0.25) is 10.1 Å². The molecule has 2 heterocycles. The Balaban J connectivity index is 2.16. The smallest absolute Gasteiger partial charge is 0.309 e. The maximum Gasteiger partial charge on any atom is 0.309 e. The maximum absolute atomic E-state index is 11.0. The number of piperidine rings is 1. The quantitative estimate of drug-likeness (QED) is 0.403. The summed E-state index contributed by atoms with van der Waals surface area (Å²) in [5, 5.41) is 18.6. The summed E-state index contributed by atoms with van der Waals surface area (Å²) in [5.41, 5.74) is -0.211. The van der Waals surface area contributed by atoms with Crippen molar-refractivity contribution in [3.63, 3.8) is 0 Å². The second kappa shape index (κ2) is 3.25. The summed E-state index contributed by atoms with van der Waals surface area (Å²) in [4.78, 5) is 11.0. The van der Waals surface area contributed by atoms with Crippen LogP contribution >= 0.6 is 0 Å². The summed E-state index contributed by atoms with van der Waals surface area (Å²) in [6.45, 7) is 2.97. The van der Waals surface area contributed by atoms with Crippen molar-refractivity contribution in [2.24, 2.45) is 5.92 Å². The van der Waals surface area contributed by atoms with E-state index in [9.17, 15) is 4.79 Å². The number of nitrogens with one attached hydrogen (secondary N) is 3. The molecular weight excluding hydrogens is 170 g/mol. The van der Waals surface area contributed by atoms with Crippen molar-refractivity contribution in [1.82, 2.24) is 16.0 Å². The third kappa shape index (κ3) is 1.43. The molecule has 2 atom stereocenters. The van der Waals surface area contributed by atoms with Crippen LogP contribution in [0.5, 0.6) is 0 Å². The van der Waals surface area contributed by atoms with E-state index in [2.05, 4.69) is 16.0 Å². The van der Waals surface area contributed by atoms with E-state index in [1.807, 2.05) is 0 Å². The largest absolute Gasteiger partial charge is 0.481 e. The van der Waals surface area contributed by atoms with Crippen LogP contribution in [-0.4, -0.2) is 42.9 Å². The lowest BCUT2D eigenvalue weighted by molar-refractivity contribution is -0.145. The van der Waals surface area contributed by atoms with Crippen molar-refractivity contribution in [2.75, 3.05) is 26.3 Å². The van der Waals surface area contributed by atoms with Crippen molar-refractivity contribution < 1.29 is 9.90 Å². The Bertz CT molecular complexity index is 213. The summed E-state index contributed by atoms with van der Waals surface area (Å²) >= 11 is 0. The van der Waals surface area contributed by atoms with Crippen LogP contribution in [-0.2, 0) is 4.79 Å². The Morgan fingerprint density at radius 3 is 2.92 bits per heavy atom. The van der Waals surface area contributed by atoms with E-state index in [0.717, 1.165) is 26.2 Å². The van der Waals surface area contributed by atoms with Crippen LogP contribution in [0.4, 0.5) is 0 Å². The van der Waals surface area contributed by atoms with Gasteiger partial charge in [0.1, 0.15) is 0 Å².